The summed E-state index contributed by atoms with van der Waals surface area (Å²) < 4.78 is 3.70. The summed E-state index contributed by atoms with van der Waals surface area (Å²) in [4.78, 5) is 7.05. The first-order valence-electron chi connectivity index (χ1n) is 7.93. The Morgan fingerprint density at radius 2 is 2.09 bits per heavy atom. The molecule has 3 heterocycles. The van der Waals surface area contributed by atoms with Crippen LogP contribution in [0.5, 0.6) is 0 Å². The van der Waals surface area contributed by atoms with Gasteiger partial charge in [0.2, 0.25) is 0 Å². The third-order valence-corrected chi connectivity index (χ3v) is 5.60. The molecule has 3 nitrogen and oxygen atoms in total. The summed E-state index contributed by atoms with van der Waals surface area (Å²) in [7, 11) is 0. The zero-order valence-corrected chi connectivity index (χ0v) is 13.9. The van der Waals surface area contributed by atoms with Crippen LogP contribution < -0.4 is 0 Å². The van der Waals surface area contributed by atoms with Crippen LogP contribution in [0.1, 0.15) is 29.8 Å². The first kappa shape index (κ1) is 14.0. The summed E-state index contributed by atoms with van der Waals surface area (Å²) in [5, 5.41) is 0. The minimum atomic E-state index is 0.441. The van der Waals surface area contributed by atoms with Crippen molar-refractivity contribution in [2.24, 2.45) is 0 Å². The van der Waals surface area contributed by atoms with E-state index < -0.39 is 0 Å². The van der Waals surface area contributed by atoms with E-state index in [0.29, 0.717) is 6.04 Å². The quantitative estimate of drug-likeness (QED) is 0.712. The van der Waals surface area contributed by atoms with Gasteiger partial charge in [-0.15, -0.1) is 11.3 Å². The number of rotatable bonds is 2. The molecule has 0 aliphatic carbocycles. The van der Waals surface area contributed by atoms with Gasteiger partial charge in [-0.2, -0.15) is 0 Å². The van der Waals surface area contributed by atoms with E-state index in [-0.39, 0.29) is 0 Å². The van der Waals surface area contributed by atoms with Crippen LogP contribution in [-0.2, 0) is 13.0 Å². The van der Waals surface area contributed by atoms with Crippen molar-refractivity contribution in [1.82, 2.24) is 14.5 Å². The normalized spacial score (nSPS) is 17.4. The number of nitrogens with zero attached hydrogens (tertiary/aromatic N) is 3. The van der Waals surface area contributed by atoms with Crippen molar-refractivity contribution in [2.75, 3.05) is 13.1 Å². The van der Waals surface area contributed by atoms with Gasteiger partial charge in [0.25, 0.3) is 0 Å². The zero-order valence-electron chi connectivity index (χ0n) is 13.1. The smallest absolute Gasteiger partial charge is 0.0815 e. The molecule has 2 aromatic heterocycles. The van der Waals surface area contributed by atoms with Crippen molar-refractivity contribution in [2.45, 2.75) is 32.9 Å². The summed E-state index contributed by atoms with van der Waals surface area (Å²) >= 11 is 1.71. The molecule has 0 saturated carbocycles. The zero-order chi connectivity index (χ0) is 15.1. The minimum Gasteiger partial charge on any atom is -0.350 e. The van der Waals surface area contributed by atoms with E-state index in [2.05, 4.69) is 58.8 Å². The number of hydrogen-bond donors (Lipinski definition) is 0. The van der Waals surface area contributed by atoms with Gasteiger partial charge >= 0.3 is 0 Å². The highest BCUT2D eigenvalue weighted by molar-refractivity contribution is 7.16. The molecule has 0 bridgehead atoms. The second-order valence-electron chi connectivity index (χ2n) is 6.24. The van der Waals surface area contributed by atoms with Crippen LogP contribution in [-0.4, -0.2) is 27.5 Å². The molecule has 0 N–H and O–H groups in total. The van der Waals surface area contributed by atoms with Gasteiger partial charge in [0, 0.05) is 44.0 Å². The topological polar surface area (TPSA) is 21.1 Å². The Bertz CT molecular complexity index is 776. The van der Waals surface area contributed by atoms with E-state index in [0.717, 1.165) is 31.6 Å². The highest BCUT2D eigenvalue weighted by Crippen LogP contribution is 2.27. The van der Waals surface area contributed by atoms with E-state index in [4.69, 9.17) is 0 Å². The van der Waals surface area contributed by atoms with Crippen molar-refractivity contribution in [3.8, 4) is 0 Å². The average molecular weight is 311 g/mol. The van der Waals surface area contributed by atoms with Gasteiger partial charge in [-0.25, -0.2) is 4.98 Å². The molecule has 1 aliphatic rings. The Kier molecular flexibility index (Phi) is 3.51. The van der Waals surface area contributed by atoms with Crippen molar-refractivity contribution >= 4 is 21.6 Å². The molecule has 0 spiro atoms. The summed E-state index contributed by atoms with van der Waals surface area (Å²) in [6.07, 6.45) is 3.42. The Balaban J connectivity index is 1.55. The first-order valence-corrected chi connectivity index (χ1v) is 8.81. The first-order chi connectivity index (χ1) is 10.7. The molecular weight excluding hydrogens is 290 g/mol. The third-order valence-electron chi connectivity index (χ3n) is 4.79. The second-order valence-corrected chi connectivity index (χ2v) is 7.13. The van der Waals surface area contributed by atoms with E-state index in [1.165, 1.54) is 21.5 Å². The standard InChI is InChI=1S/C18H21N3S/c1-13-9-16-5-6-20(7-8-21(16)11-13)14(2)15-3-4-18-17(10-15)19-12-22-18/h3-4,9-12,14H,5-8H2,1-2H3. The lowest BCUT2D eigenvalue weighted by molar-refractivity contribution is 0.215. The monoisotopic (exact) mass is 311 g/mol. The molecule has 0 radical (unpaired) electrons. The maximum Gasteiger partial charge on any atom is 0.0815 e. The lowest BCUT2D eigenvalue weighted by Gasteiger charge is -2.27. The van der Waals surface area contributed by atoms with Crippen LogP contribution in [0.2, 0.25) is 0 Å². The predicted molar refractivity (Wildman–Crippen MR) is 92.5 cm³/mol. The van der Waals surface area contributed by atoms with Crippen molar-refractivity contribution in [1.29, 1.82) is 0 Å². The average Bonchev–Trinajstić information content (AvgIpc) is 3.07. The van der Waals surface area contributed by atoms with Crippen molar-refractivity contribution < 1.29 is 0 Å². The van der Waals surface area contributed by atoms with E-state index in [1.54, 1.807) is 11.3 Å². The van der Waals surface area contributed by atoms with Gasteiger partial charge in [-0.1, -0.05) is 6.07 Å². The number of hydrogen-bond acceptors (Lipinski definition) is 3. The van der Waals surface area contributed by atoms with Gasteiger partial charge in [-0.3, -0.25) is 4.90 Å². The summed E-state index contributed by atoms with van der Waals surface area (Å²) in [5.41, 5.74) is 7.29. The molecule has 0 amide bonds. The summed E-state index contributed by atoms with van der Waals surface area (Å²) in [5.74, 6) is 0. The van der Waals surface area contributed by atoms with Crippen LogP contribution in [0.25, 0.3) is 10.2 Å². The molecule has 0 saturated heterocycles. The maximum absolute atomic E-state index is 4.46. The number of aromatic nitrogens is 2. The maximum atomic E-state index is 4.46. The van der Waals surface area contributed by atoms with E-state index >= 15 is 0 Å². The molecule has 1 aromatic carbocycles. The van der Waals surface area contributed by atoms with Gasteiger partial charge in [0.05, 0.1) is 15.7 Å². The fourth-order valence-electron chi connectivity index (χ4n) is 3.47. The summed E-state index contributed by atoms with van der Waals surface area (Å²) in [6, 6.07) is 9.50. The molecular formula is C18H21N3S. The predicted octanol–water partition coefficient (Wildman–Crippen LogP) is 4.03. The molecule has 0 fully saturated rings. The molecule has 4 rings (SSSR count). The number of benzene rings is 1. The Morgan fingerprint density at radius 3 is 3.00 bits per heavy atom. The Labute approximate surface area is 135 Å². The molecule has 3 aromatic rings. The van der Waals surface area contributed by atoms with Crippen LogP contribution in [0.3, 0.4) is 0 Å². The lowest BCUT2D eigenvalue weighted by Crippen LogP contribution is -2.30. The number of aryl methyl sites for hydroxylation is 1. The van der Waals surface area contributed by atoms with Crippen molar-refractivity contribution in [3.63, 3.8) is 0 Å². The van der Waals surface area contributed by atoms with Crippen LogP contribution in [0.4, 0.5) is 0 Å². The van der Waals surface area contributed by atoms with E-state index in [1.807, 2.05) is 5.51 Å². The van der Waals surface area contributed by atoms with Gasteiger partial charge in [0.15, 0.2) is 0 Å². The fourth-order valence-corrected chi connectivity index (χ4v) is 4.13. The molecule has 114 valence electrons. The minimum absolute atomic E-state index is 0.441. The highest BCUT2D eigenvalue weighted by atomic mass is 32.1. The Hall–Kier alpha value is -1.65. The fraction of sp³-hybridized carbons (Fsp3) is 0.389. The van der Waals surface area contributed by atoms with Gasteiger partial charge in [-0.05, 0) is 43.2 Å². The second kappa shape index (κ2) is 5.52. The SMILES string of the molecule is Cc1cc2n(c1)CCN(C(C)c1ccc3scnc3c1)CC2. The largest absolute Gasteiger partial charge is 0.350 e. The highest BCUT2D eigenvalue weighted by Gasteiger charge is 2.20. The van der Waals surface area contributed by atoms with Gasteiger partial charge in [0.1, 0.15) is 0 Å². The van der Waals surface area contributed by atoms with Gasteiger partial charge < -0.3 is 4.57 Å². The van der Waals surface area contributed by atoms with E-state index in [9.17, 15) is 0 Å². The van der Waals surface area contributed by atoms with Crippen LogP contribution in [0.15, 0.2) is 36.0 Å². The molecule has 4 heteroatoms. The lowest BCUT2D eigenvalue weighted by atomic mass is 10.1. The molecule has 1 aliphatic heterocycles. The number of fused-ring (bicyclic) bond motifs is 2. The number of thiazole rings is 1. The summed E-state index contributed by atoms with van der Waals surface area (Å²) in [6.45, 7) is 7.83. The molecule has 1 atom stereocenters. The van der Waals surface area contributed by atoms with Crippen LogP contribution >= 0.6 is 11.3 Å². The Morgan fingerprint density at radius 1 is 1.18 bits per heavy atom. The third kappa shape index (κ3) is 2.46. The molecule has 22 heavy (non-hydrogen) atoms. The molecule has 1 unspecified atom stereocenters. The van der Waals surface area contributed by atoms with Crippen molar-refractivity contribution in [3.05, 3.63) is 52.8 Å². The van der Waals surface area contributed by atoms with Crippen LogP contribution in [0, 0.1) is 6.92 Å².